The van der Waals surface area contributed by atoms with Crippen LogP contribution >= 0.6 is 23.2 Å². The van der Waals surface area contributed by atoms with Crippen molar-refractivity contribution in [2.75, 3.05) is 12.4 Å². The molecule has 2 aromatic carbocycles. The van der Waals surface area contributed by atoms with Crippen molar-refractivity contribution in [3.63, 3.8) is 0 Å². The molecule has 0 saturated heterocycles. The van der Waals surface area contributed by atoms with Gasteiger partial charge in [0.15, 0.2) is 5.43 Å². The zero-order chi connectivity index (χ0) is 18.0. The largest absolute Gasteiger partial charge is 0.495 e. The van der Waals surface area contributed by atoms with E-state index in [0.717, 1.165) is 0 Å². The predicted molar refractivity (Wildman–Crippen MR) is 99.9 cm³/mol. The SMILES string of the molecule is COc1ccc(NC(=O)Cn2ccc(=O)c3ccc(Cl)cc32)cc1Cl. The van der Waals surface area contributed by atoms with Gasteiger partial charge in [-0.1, -0.05) is 23.2 Å². The first-order chi connectivity index (χ1) is 12.0. The van der Waals surface area contributed by atoms with Gasteiger partial charge in [-0.15, -0.1) is 0 Å². The van der Waals surface area contributed by atoms with E-state index in [0.29, 0.717) is 32.4 Å². The molecule has 7 heteroatoms. The van der Waals surface area contributed by atoms with E-state index in [1.807, 2.05) is 0 Å². The van der Waals surface area contributed by atoms with Gasteiger partial charge < -0.3 is 14.6 Å². The van der Waals surface area contributed by atoms with Crippen LogP contribution in [0.4, 0.5) is 5.69 Å². The lowest BCUT2D eigenvalue weighted by Gasteiger charge is -2.12. The predicted octanol–water partition coefficient (Wildman–Crippen LogP) is 3.96. The van der Waals surface area contributed by atoms with Crippen LogP contribution in [-0.4, -0.2) is 17.6 Å². The molecule has 0 fully saturated rings. The number of carbonyl (C=O) groups excluding carboxylic acids is 1. The second kappa shape index (κ2) is 7.17. The Bertz CT molecular complexity index is 1010. The number of aromatic nitrogens is 1. The van der Waals surface area contributed by atoms with E-state index in [4.69, 9.17) is 27.9 Å². The molecule has 1 N–H and O–H groups in total. The van der Waals surface area contributed by atoms with E-state index in [1.54, 1.807) is 47.2 Å². The number of hydrogen-bond donors (Lipinski definition) is 1. The Kier molecular flexibility index (Phi) is 4.97. The van der Waals surface area contributed by atoms with E-state index in [-0.39, 0.29) is 17.9 Å². The van der Waals surface area contributed by atoms with Gasteiger partial charge in [0.2, 0.25) is 5.91 Å². The van der Waals surface area contributed by atoms with Crippen LogP contribution in [-0.2, 0) is 11.3 Å². The third kappa shape index (κ3) is 3.78. The van der Waals surface area contributed by atoms with Crippen LogP contribution < -0.4 is 15.5 Å². The quantitative estimate of drug-likeness (QED) is 0.749. The molecule has 0 saturated carbocycles. The number of hydrogen-bond acceptors (Lipinski definition) is 3. The fourth-order valence-corrected chi connectivity index (χ4v) is 2.94. The highest BCUT2D eigenvalue weighted by Crippen LogP contribution is 2.27. The first kappa shape index (κ1) is 17.3. The summed E-state index contributed by atoms with van der Waals surface area (Å²) in [5.74, 6) is 0.270. The maximum absolute atomic E-state index is 12.3. The first-order valence-electron chi connectivity index (χ1n) is 7.40. The minimum Gasteiger partial charge on any atom is -0.495 e. The topological polar surface area (TPSA) is 60.3 Å². The van der Waals surface area contributed by atoms with Crippen molar-refractivity contribution in [1.29, 1.82) is 0 Å². The summed E-state index contributed by atoms with van der Waals surface area (Å²) < 4.78 is 6.75. The maximum Gasteiger partial charge on any atom is 0.244 e. The van der Waals surface area contributed by atoms with Crippen LogP contribution in [0, 0.1) is 0 Å². The van der Waals surface area contributed by atoms with Crippen molar-refractivity contribution in [3.05, 3.63) is 68.9 Å². The number of nitrogens with zero attached hydrogens (tertiary/aromatic N) is 1. The molecule has 3 rings (SSSR count). The molecule has 128 valence electrons. The maximum atomic E-state index is 12.3. The third-order valence-electron chi connectivity index (χ3n) is 3.69. The van der Waals surface area contributed by atoms with Gasteiger partial charge in [-0.05, 0) is 36.4 Å². The van der Waals surface area contributed by atoms with Crippen molar-refractivity contribution in [1.82, 2.24) is 4.57 Å². The molecule has 0 spiro atoms. The zero-order valence-corrected chi connectivity index (χ0v) is 14.8. The van der Waals surface area contributed by atoms with Gasteiger partial charge in [0.25, 0.3) is 0 Å². The molecule has 0 atom stereocenters. The molecule has 1 heterocycles. The number of carbonyl (C=O) groups is 1. The molecular formula is C18H14Cl2N2O3. The van der Waals surface area contributed by atoms with Crippen molar-refractivity contribution < 1.29 is 9.53 Å². The Labute approximate surface area is 153 Å². The number of pyridine rings is 1. The molecule has 0 bridgehead atoms. The van der Waals surface area contributed by atoms with E-state index in [1.165, 1.54) is 13.2 Å². The lowest BCUT2D eigenvalue weighted by atomic mass is 10.2. The van der Waals surface area contributed by atoms with Crippen molar-refractivity contribution >= 4 is 45.7 Å². The number of nitrogens with one attached hydrogen (secondary N) is 1. The fourth-order valence-electron chi connectivity index (χ4n) is 2.52. The Morgan fingerprint density at radius 3 is 2.68 bits per heavy atom. The standard InChI is InChI=1S/C18H14Cl2N2O3/c1-25-17-5-3-12(9-14(17)20)21-18(24)10-22-7-6-16(23)13-4-2-11(19)8-15(13)22/h2-9H,10H2,1H3,(H,21,24). The van der Waals surface area contributed by atoms with Crippen LogP contribution in [0.1, 0.15) is 0 Å². The van der Waals surface area contributed by atoms with E-state index >= 15 is 0 Å². The molecule has 0 unspecified atom stereocenters. The number of amides is 1. The second-order valence-corrected chi connectivity index (χ2v) is 6.21. The summed E-state index contributed by atoms with van der Waals surface area (Å²) in [6, 6.07) is 11.4. The van der Waals surface area contributed by atoms with Gasteiger partial charge in [-0.2, -0.15) is 0 Å². The zero-order valence-electron chi connectivity index (χ0n) is 13.3. The highest BCUT2D eigenvalue weighted by molar-refractivity contribution is 6.32. The second-order valence-electron chi connectivity index (χ2n) is 5.37. The number of fused-ring (bicyclic) bond motifs is 1. The normalized spacial score (nSPS) is 10.7. The van der Waals surface area contributed by atoms with Gasteiger partial charge in [0, 0.05) is 28.4 Å². The smallest absolute Gasteiger partial charge is 0.244 e. The van der Waals surface area contributed by atoms with Crippen molar-refractivity contribution in [2.24, 2.45) is 0 Å². The van der Waals surface area contributed by atoms with Crippen molar-refractivity contribution in [2.45, 2.75) is 6.54 Å². The van der Waals surface area contributed by atoms with Crippen LogP contribution in [0.25, 0.3) is 10.9 Å². The number of rotatable bonds is 4. The first-order valence-corrected chi connectivity index (χ1v) is 8.15. The number of ether oxygens (including phenoxy) is 1. The lowest BCUT2D eigenvalue weighted by Crippen LogP contribution is -2.20. The van der Waals surface area contributed by atoms with Crippen LogP contribution in [0.15, 0.2) is 53.5 Å². The molecule has 5 nitrogen and oxygen atoms in total. The van der Waals surface area contributed by atoms with Gasteiger partial charge in [-0.3, -0.25) is 9.59 Å². The molecule has 1 aromatic heterocycles. The van der Waals surface area contributed by atoms with Crippen molar-refractivity contribution in [3.8, 4) is 5.75 Å². The Morgan fingerprint density at radius 2 is 1.96 bits per heavy atom. The summed E-state index contributed by atoms with van der Waals surface area (Å²) >= 11 is 12.1. The molecule has 0 aliphatic heterocycles. The van der Waals surface area contributed by atoms with Gasteiger partial charge >= 0.3 is 0 Å². The van der Waals surface area contributed by atoms with E-state index in [2.05, 4.69) is 5.32 Å². The minimum absolute atomic E-state index is 0.0285. The van der Waals surface area contributed by atoms with E-state index < -0.39 is 0 Å². The van der Waals surface area contributed by atoms with Gasteiger partial charge in [0.1, 0.15) is 12.3 Å². The van der Waals surface area contributed by atoms with Crippen LogP contribution in [0.5, 0.6) is 5.75 Å². The average Bonchev–Trinajstić information content (AvgIpc) is 2.57. The number of halogens is 2. The highest BCUT2D eigenvalue weighted by atomic mass is 35.5. The highest BCUT2D eigenvalue weighted by Gasteiger charge is 2.09. The summed E-state index contributed by atoms with van der Waals surface area (Å²) in [7, 11) is 1.52. The van der Waals surface area contributed by atoms with Crippen LogP contribution in [0.3, 0.4) is 0 Å². The molecular weight excluding hydrogens is 363 g/mol. The summed E-state index contributed by atoms with van der Waals surface area (Å²) in [6.45, 7) is 0.0285. The summed E-state index contributed by atoms with van der Waals surface area (Å²) in [5, 5.41) is 4.17. The summed E-state index contributed by atoms with van der Waals surface area (Å²) in [5.41, 5.74) is 1.03. The fraction of sp³-hybridized carbons (Fsp3) is 0.111. The Balaban J connectivity index is 1.85. The number of methoxy groups -OCH3 is 1. The summed E-state index contributed by atoms with van der Waals surface area (Å²) in [4.78, 5) is 24.3. The minimum atomic E-state index is -0.258. The average molecular weight is 377 g/mol. The number of anilines is 1. The van der Waals surface area contributed by atoms with E-state index in [9.17, 15) is 9.59 Å². The molecule has 0 aliphatic carbocycles. The lowest BCUT2D eigenvalue weighted by molar-refractivity contribution is -0.116. The van der Waals surface area contributed by atoms with Gasteiger partial charge in [-0.25, -0.2) is 0 Å². The molecule has 1 amide bonds. The Morgan fingerprint density at radius 1 is 1.16 bits per heavy atom. The summed E-state index contributed by atoms with van der Waals surface area (Å²) in [6.07, 6.45) is 1.57. The van der Waals surface area contributed by atoms with Crippen LogP contribution in [0.2, 0.25) is 10.0 Å². The third-order valence-corrected chi connectivity index (χ3v) is 4.22. The van der Waals surface area contributed by atoms with Gasteiger partial charge in [0.05, 0.1) is 17.6 Å². The molecule has 0 radical (unpaired) electrons. The number of benzene rings is 2. The Hall–Kier alpha value is -2.50. The molecule has 25 heavy (non-hydrogen) atoms. The molecule has 0 aliphatic rings. The molecule has 3 aromatic rings. The monoisotopic (exact) mass is 376 g/mol.